The quantitative estimate of drug-likeness (QED) is 0.705. The predicted octanol–water partition coefficient (Wildman–Crippen LogP) is 4.19. The molecular formula is C21H27FN2O3S2. The van der Waals surface area contributed by atoms with E-state index in [0.717, 1.165) is 23.4 Å². The molecule has 5 nitrogen and oxygen atoms in total. The molecule has 2 atom stereocenters. The van der Waals surface area contributed by atoms with Gasteiger partial charge in [0.25, 0.3) is 0 Å². The van der Waals surface area contributed by atoms with E-state index >= 15 is 0 Å². The molecule has 1 amide bonds. The fourth-order valence-corrected chi connectivity index (χ4v) is 5.94. The van der Waals surface area contributed by atoms with Crippen LogP contribution in [-0.2, 0) is 14.8 Å². The van der Waals surface area contributed by atoms with E-state index in [9.17, 15) is 17.6 Å². The molecule has 2 aromatic rings. The Morgan fingerprint density at radius 1 is 1.28 bits per heavy atom. The fourth-order valence-electron chi connectivity index (χ4n) is 3.63. The number of hydrogen-bond donors (Lipinski definition) is 1. The number of carbonyl (C=O) groups excluding carboxylic acids is 1. The Kier molecular flexibility index (Phi) is 7.08. The van der Waals surface area contributed by atoms with Crippen LogP contribution < -0.4 is 5.32 Å². The summed E-state index contributed by atoms with van der Waals surface area (Å²) in [6, 6.07) is 8.73. The lowest BCUT2D eigenvalue weighted by Gasteiger charge is -2.32. The number of nitrogens with zero attached hydrogens (tertiary/aromatic N) is 1. The van der Waals surface area contributed by atoms with Crippen molar-refractivity contribution in [3.8, 4) is 0 Å². The normalized spacial score (nSPS) is 19.2. The van der Waals surface area contributed by atoms with Crippen LogP contribution in [0, 0.1) is 17.7 Å². The zero-order chi connectivity index (χ0) is 21.0. The second-order valence-electron chi connectivity index (χ2n) is 7.86. The van der Waals surface area contributed by atoms with E-state index in [-0.39, 0.29) is 23.4 Å². The van der Waals surface area contributed by atoms with Crippen LogP contribution in [0.4, 0.5) is 4.39 Å². The van der Waals surface area contributed by atoms with E-state index in [4.69, 9.17) is 0 Å². The van der Waals surface area contributed by atoms with Gasteiger partial charge in [0, 0.05) is 18.0 Å². The van der Waals surface area contributed by atoms with Crippen LogP contribution >= 0.6 is 11.3 Å². The molecule has 1 aromatic heterocycles. The Bertz CT molecular complexity index is 912. The third kappa shape index (κ3) is 5.43. The minimum Gasteiger partial charge on any atom is -0.348 e. The van der Waals surface area contributed by atoms with Crippen molar-refractivity contribution in [2.75, 3.05) is 13.1 Å². The first-order valence-corrected chi connectivity index (χ1v) is 12.2. The fraction of sp³-hybridized carbons (Fsp3) is 0.476. The van der Waals surface area contributed by atoms with E-state index in [1.165, 1.54) is 16.4 Å². The lowest BCUT2D eigenvalue weighted by molar-refractivity contribution is -0.126. The highest BCUT2D eigenvalue weighted by molar-refractivity contribution is 7.89. The number of halogens is 1. The summed E-state index contributed by atoms with van der Waals surface area (Å²) in [5.74, 6) is -0.564. The maximum absolute atomic E-state index is 13.2. The average molecular weight is 439 g/mol. The highest BCUT2D eigenvalue weighted by Gasteiger charge is 2.34. The van der Waals surface area contributed by atoms with Crippen molar-refractivity contribution in [3.05, 3.63) is 52.5 Å². The van der Waals surface area contributed by atoms with Crippen LogP contribution in [0.5, 0.6) is 0 Å². The van der Waals surface area contributed by atoms with Crippen molar-refractivity contribution >= 4 is 27.3 Å². The van der Waals surface area contributed by atoms with E-state index < -0.39 is 21.8 Å². The van der Waals surface area contributed by atoms with Crippen molar-refractivity contribution in [1.29, 1.82) is 0 Å². The first-order chi connectivity index (χ1) is 13.8. The zero-order valence-electron chi connectivity index (χ0n) is 16.7. The van der Waals surface area contributed by atoms with E-state index in [0.29, 0.717) is 25.3 Å². The minimum absolute atomic E-state index is 0.0521. The summed E-state index contributed by atoms with van der Waals surface area (Å²) in [5.41, 5.74) is 0. The molecule has 0 radical (unpaired) electrons. The smallest absolute Gasteiger partial charge is 0.243 e. The number of nitrogens with one attached hydrogen (secondary N) is 1. The Balaban J connectivity index is 1.70. The van der Waals surface area contributed by atoms with Crippen LogP contribution in [0.3, 0.4) is 0 Å². The van der Waals surface area contributed by atoms with Crippen molar-refractivity contribution in [2.45, 2.75) is 44.0 Å². The number of piperidine rings is 1. The molecule has 1 aliphatic heterocycles. The van der Waals surface area contributed by atoms with Gasteiger partial charge in [0.2, 0.25) is 15.9 Å². The van der Waals surface area contributed by atoms with Crippen LogP contribution in [0.25, 0.3) is 0 Å². The molecule has 0 saturated carbocycles. The molecule has 0 bridgehead atoms. The Morgan fingerprint density at radius 3 is 2.62 bits per heavy atom. The van der Waals surface area contributed by atoms with Crippen molar-refractivity contribution in [1.82, 2.24) is 9.62 Å². The molecule has 0 aliphatic carbocycles. The summed E-state index contributed by atoms with van der Waals surface area (Å²) in [6.45, 7) is 4.74. The molecule has 1 fully saturated rings. The SMILES string of the molecule is CC(C)C[C@@H](NC(=O)[C@H]1CCCN(S(=O)(=O)c2ccc(F)cc2)C1)c1cccs1. The molecule has 0 unspecified atom stereocenters. The number of hydrogen-bond acceptors (Lipinski definition) is 4. The highest BCUT2D eigenvalue weighted by Crippen LogP contribution is 2.28. The van der Waals surface area contributed by atoms with Gasteiger partial charge < -0.3 is 5.32 Å². The third-order valence-corrected chi connectivity index (χ3v) is 7.98. The molecule has 1 N–H and O–H groups in total. The molecule has 0 spiro atoms. The van der Waals surface area contributed by atoms with Gasteiger partial charge in [-0.05, 0) is 60.9 Å². The number of thiophene rings is 1. The second kappa shape index (κ2) is 9.36. The summed E-state index contributed by atoms with van der Waals surface area (Å²) in [6.07, 6.45) is 2.10. The standard InChI is InChI=1S/C21H27FN2O3S2/c1-15(2)13-19(20-6-4-12-28-20)23-21(25)16-5-3-11-24(14-16)29(26,27)18-9-7-17(22)8-10-18/h4,6-10,12,15-16,19H,3,5,11,13-14H2,1-2H3,(H,23,25)/t16-,19+/m0/s1. The molecule has 1 aromatic carbocycles. The molecular weight excluding hydrogens is 411 g/mol. The maximum atomic E-state index is 13.2. The van der Waals surface area contributed by atoms with Gasteiger partial charge in [0.1, 0.15) is 5.82 Å². The maximum Gasteiger partial charge on any atom is 0.243 e. The molecule has 158 valence electrons. The molecule has 8 heteroatoms. The number of benzene rings is 1. The summed E-state index contributed by atoms with van der Waals surface area (Å²) >= 11 is 1.61. The second-order valence-corrected chi connectivity index (χ2v) is 10.8. The topological polar surface area (TPSA) is 66.5 Å². The van der Waals surface area contributed by atoms with Crippen LogP contribution in [0.1, 0.15) is 44.0 Å². The Morgan fingerprint density at radius 2 is 2.00 bits per heavy atom. The largest absolute Gasteiger partial charge is 0.348 e. The molecule has 1 aliphatic rings. The summed E-state index contributed by atoms with van der Waals surface area (Å²) in [4.78, 5) is 14.1. The molecule has 1 saturated heterocycles. The highest BCUT2D eigenvalue weighted by atomic mass is 32.2. The third-order valence-electron chi connectivity index (χ3n) is 5.12. The number of amides is 1. The van der Waals surface area contributed by atoms with Gasteiger partial charge in [-0.25, -0.2) is 12.8 Å². The number of rotatable bonds is 7. The Labute approximate surface area is 176 Å². The van der Waals surface area contributed by atoms with E-state index in [2.05, 4.69) is 19.2 Å². The number of carbonyl (C=O) groups is 1. The average Bonchev–Trinajstić information content (AvgIpc) is 3.22. The van der Waals surface area contributed by atoms with Gasteiger partial charge in [-0.2, -0.15) is 4.31 Å². The van der Waals surface area contributed by atoms with Gasteiger partial charge in [0.05, 0.1) is 16.9 Å². The van der Waals surface area contributed by atoms with Crippen molar-refractivity contribution in [3.63, 3.8) is 0 Å². The first kappa shape index (κ1) is 21.9. The Hall–Kier alpha value is -1.77. The molecule has 3 rings (SSSR count). The van der Waals surface area contributed by atoms with Crippen LogP contribution in [0.15, 0.2) is 46.7 Å². The summed E-state index contributed by atoms with van der Waals surface area (Å²) in [7, 11) is -3.75. The van der Waals surface area contributed by atoms with Crippen LogP contribution in [0.2, 0.25) is 0 Å². The zero-order valence-corrected chi connectivity index (χ0v) is 18.3. The summed E-state index contributed by atoms with van der Waals surface area (Å²) in [5, 5.41) is 5.13. The van der Waals surface area contributed by atoms with Gasteiger partial charge in [-0.1, -0.05) is 19.9 Å². The monoisotopic (exact) mass is 438 g/mol. The molecule has 29 heavy (non-hydrogen) atoms. The van der Waals surface area contributed by atoms with E-state index in [1.807, 2.05) is 17.5 Å². The van der Waals surface area contributed by atoms with Gasteiger partial charge in [-0.15, -0.1) is 11.3 Å². The van der Waals surface area contributed by atoms with Gasteiger partial charge in [0.15, 0.2) is 0 Å². The first-order valence-electron chi connectivity index (χ1n) is 9.87. The van der Waals surface area contributed by atoms with E-state index in [1.54, 1.807) is 11.3 Å². The lowest BCUT2D eigenvalue weighted by Crippen LogP contribution is -2.46. The predicted molar refractivity (Wildman–Crippen MR) is 113 cm³/mol. The van der Waals surface area contributed by atoms with Gasteiger partial charge in [-0.3, -0.25) is 4.79 Å². The summed E-state index contributed by atoms with van der Waals surface area (Å²) < 4.78 is 40.3. The molecule has 2 heterocycles. The number of sulfonamides is 1. The van der Waals surface area contributed by atoms with Crippen LogP contribution in [-0.4, -0.2) is 31.7 Å². The lowest BCUT2D eigenvalue weighted by atomic mass is 9.97. The van der Waals surface area contributed by atoms with Crippen molar-refractivity contribution in [2.24, 2.45) is 11.8 Å². The van der Waals surface area contributed by atoms with Crippen molar-refractivity contribution < 1.29 is 17.6 Å². The minimum atomic E-state index is -3.75. The van der Waals surface area contributed by atoms with Gasteiger partial charge >= 0.3 is 0 Å².